The monoisotopic (exact) mass is 574 g/mol. The fourth-order valence-electron chi connectivity index (χ4n) is 3.50. The first-order chi connectivity index (χ1) is 19.4. The minimum Gasteiger partial charge on any atom is -0.497 e. The molecule has 3 N–H and O–H groups in total. The van der Waals surface area contributed by atoms with E-state index in [1.165, 1.54) is 43.4 Å². The van der Waals surface area contributed by atoms with Gasteiger partial charge in [0.25, 0.3) is 11.8 Å². The summed E-state index contributed by atoms with van der Waals surface area (Å²) in [7, 11) is 3.05. The van der Waals surface area contributed by atoms with Crippen LogP contribution in [0.25, 0.3) is 6.08 Å². The van der Waals surface area contributed by atoms with Crippen LogP contribution in [-0.2, 0) is 9.59 Å². The van der Waals surface area contributed by atoms with E-state index in [1.807, 2.05) is 6.07 Å². The molecular formula is C29H26N4O5S2. The van der Waals surface area contributed by atoms with E-state index in [0.717, 1.165) is 4.90 Å². The molecule has 0 spiro atoms. The van der Waals surface area contributed by atoms with Crippen molar-refractivity contribution in [2.75, 3.05) is 30.6 Å². The van der Waals surface area contributed by atoms with Crippen LogP contribution in [0.1, 0.15) is 15.9 Å². The Labute approximate surface area is 239 Å². The minimum atomic E-state index is -0.544. The Kier molecular flexibility index (Phi) is 9.92. The molecule has 0 saturated carbocycles. The van der Waals surface area contributed by atoms with Gasteiger partial charge in [0.05, 0.1) is 20.0 Å². The van der Waals surface area contributed by atoms with Gasteiger partial charge >= 0.3 is 0 Å². The van der Waals surface area contributed by atoms with Crippen molar-refractivity contribution >= 4 is 57.7 Å². The molecule has 0 unspecified atom stereocenters. The van der Waals surface area contributed by atoms with Gasteiger partial charge < -0.3 is 25.4 Å². The van der Waals surface area contributed by atoms with Crippen molar-refractivity contribution in [1.29, 1.82) is 0 Å². The van der Waals surface area contributed by atoms with E-state index in [-0.39, 0.29) is 17.4 Å². The SMILES string of the molecule is COc1ccc(OC)c(/C=C(/NC(=O)c2ccccc2)C(=O)Nc2cccc(SCC(=O)Nc3nccs3)c2)c1. The van der Waals surface area contributed by atoms with E-state index in [1.54, 1.807) is 78.3 Å². The zero-order valence-electron chi connectivity index (χ0n) is 21.7. The largest absolute Gasteiger partial charge is 0.497 e. The van der Waals surface area contributed by atoms with Crippen molar-refractivity contribution in [2.45, 2.75) is 4.90 Å². The number of hydrogen-bond donors (Lipinski definition) is 3. The number of rotatable bonds is 11. The van der Waals surface area contributed by atoms with Crippen LogP contribution in [0, 0.1) is 0 Å². The normalized spacial score (nSPS) is 10.9. The Morgan fingerprint density at radius 1 is 0.950 bits per heavy atom. The molecule has 4 aromatic rings. The van der Waals surface area contributed by atoms with Crippen LogP contribution in [0.4, 0.5) is 10.8 Å². The first kappa shape index (κ1) is 28.4. The lowest BCUT2D eigenvalue weighted by Gasteiger charge is -2.13. The maximum atomic E-state index is 13.5. The highest BCUT2D eigenvalue weighted by Gasteiger charge is 2.17. The lowest BCUT2D eigenvalue weighted by molar-refractivity contribution is -0.114. The number of carbonyl (C=O) groups excluding carboxylic acids is 3. The molecule has 1 heterocycles. The molecule has 204 valence electrons. The summed E-state index contributed by atoms with van der Waals surface area (Å²) in [4.78, 5) is 43.5. The van der Waals surface area contributed by atoms with Gasteiger partial charge in [0, 0.05) is 33.3 Å². The number of carbonyl (C=O) groups is 3. The van der Waals surface area contributed by atoms with Crippen LogP contribution in [0.2, 0.25) is 0 Å². The molecule has 9 nitrogen and oxygen atoms in total. The number of thioether (sulfide) groups is 1. The molecule has 4 rings (SSSR count). The summed E-state index contributed by atoms with van der Waals surface area (Å²) in [6.45, 7) is 0. The highest BCUT2D eigenvalue weighted by Crippen LogP contribution is 2.27. The summed E-state index contributed by atoms with van der Waals surface area (Å²) in [5, 5.41) is 10.6. The molecular weight excluding hydrogens is 548 g/mol. The Bertz CT molecular complexity index is 1510. The molecule has 0 bridgehead atoms. The highest BCUT2D eigenvalue weighted by molar-refractivity contribution is 8.00. The van der Waals surface area contributed by atoms with Crippen LogP contribution in [0.15, 0.2) is 95.0 Å². The number of thiazole rings is 1. The molecule has 11 heteroatoms. The number of amides is 3. The van der Waals surface area contributed by atoms with Crippen LogP contribution < -0.4 is 25.4 Å². The average molecular weight is 575 g/mol. The fourth-order valence-corrected chi connectivity index (χ4v) is 4.80. The summed E-state index contributed by atoms with van der Waals surface area (Å²) < 4.78 is 10.8. The van der Waals surface area contributed by atoms with Gasteiger partial charge in [-0.05, 0) is 54.6 Å². The Morgan fingerprint density at radius 2 is 1.77 bits per heavy atom. The van der Waals surface area contributed by atoms with Crippen molar-refractivity contribution in [2.24, 2.45) is 0 Å². The predicted molar refractivity (Wildman–Crippen MR) is 158 cm³/mol. The van der Waals surface area contributed by atoms with Gasteiger partial charge in [0.15, 0.2) is 5.13 Å². The number of hydrogen-bond acceptors (Lipinski definition) is 8. The summed E-state index contributed by atoms with van der Waals surface area (Å²) in [5.74, 6) is 0.0530. The summed E-state index contributed by atoms with van der Waals surface area (Å²) >= 11 is 2.66. The van der Waals surface area contributed by atoms with Crippen molar-refractivity contribution in [3.63, 3.8) is 0 Å². The molecule has 3 amide bonds. The van der Waals surface area contributed by atoms with Crippen molar-refractivity contribution in [1.82, 2.24) is 10.3 Å². The summed E-state index contributed by atoms with van der Waals surface area (Å²) in [6.07, 6.45) is 3.15. The van der Waals surface area contributed by atoms with Crippen molar-refractivity contribution in [3.05, 3.63) is 101 Å². The third-order valence-corrected chi connectivity index (χ3v) is 7.09. The molecule has 0 radical (unpaired) electrons. The molecule has 0 aliphatic carbocycles. The Hall–Kier alpha value is -4.61. The molecule has 0 atom stereocenters. The number of ether oxygens (including phenoxy) is 2. The van der Waals surface area contributed by atoms with Crippen LogP contribution in [-0.4, -0.2) is 42.7 Å². The lowest BCUT2D eigenvalue weighted by Crippen LogP contribution is -2.30. The fraction of sp³-hybridized carbons (Fsp3) is 0.103. The molecule has 40 heavy (non-hydrogen) atoms. The number of nitrogens with one attached hydrogen (secondary N) is 3. The van der Waals surface area contributed by atoms with E-state index in [4.69, 9.17) is 9.47 Å². The first-order valence-electron chi connectivity index (χ1n) is 12.0. The van der Waals surface area contributed by atoms with Gasteiger partial charge in [-0.15, -0.1) is 23.1 Å². The molecule has 1 aromatic heterocycles. The quantitative estimate of drug-likeness (QED) is 0.164. The number of methoxy groups -OCH3 is 2. The van der Waals surface area contributed by atoms with Gasteiger partial charge in [0.2, 0.25) is 5.91 Å². The van der Waals surface area contributed by atoms with Crippen molar-refractivity contribution < 1.29 is 23.9 Å². The van der Waals surface area contributed by atoms with E-state index in [2.05, 4.69) is 20.9 Å². The smallest absolute Gasteiger partial charge is 0.272 e. The average Bonchev–Trinajstić information content (AvgIpc) is 3.49. The number of aromatic nitrogens is 1. The van der Waals surface area contributed by atoms with Crippen LogP contribution in [0.3, 0.4) is 0 Å². The minimum absolute atomic E-state index is 0.00119. The second-order valence-corrected chi connectivity index (χ2v) is 10.1. The Morgan fingerprint density at radius 3 is 2.50 bits per heavy atom. The molecule has 0 saturated heterocycles. The topological polar surface area (TPSA) is 119 Å². The second kappa shape index (κ2) is 14.0. The van der Waals surface area contributed by atoms with E-state index in [9.17, 15) is 14.4 Å². The third-order valence-electron chi connectivity index (χ3n) is 5.41. The van der Waals surface area contributed by atoms with E-state index in [0.29, 0.717) is 33.4 Å². The number of benzene rings is 3. The Balaban J connectivity index is 1.53. The maximum absolute atomic E-state index is 13.5. The molecule has 0 aliphatic rings. The van der Waals surface area contributed by atoms with E-state index < -0.39 is 11.8 Å². The number of anilines is 2. The van der Waals surface area contributed by atoms with Gasteiger partial charge in [-0.3, -0.25) is 14.4 Å². The molecule has 0 aliphatic heterocycles. The first-order valence-corrected chi connectivity index (χ1v) is 13.9. The summed E-state index contributed by atoms with van der Waals surface area (Å²) in [6, 6.07) is 20.8. The summed E-state index contributed by atoms with van der Waals surface area (Å²) in [5.41, 5.74) is 1.43. The van der Waals surface area contributed by atoms with Gasteiger partial charge in [0.1, 0.15) is 17.2 Å². The van der Waals surface area contributed by atoms with Gasteiger partial charge in [-0.2, -0.15) is 0 Å². The molecule has 3 aromatic carbocycles. The standard InChI is InChI=1S/C29H26N4O5S2/c1-37-22-11-12-25(38-2)20(15-22)16-24(32-27(35)19-7-4-3-5-8-19)28(36)31-21-9-6-10-23(17-21)40-18-26(34)33-29-30-13-14-39-29/h3-17H,18H2,1-2H3,(H,31,36)(H,32,35)(H,30,33,34)/b24-16+. The second-order valence-electron chi connectivity index (χ2n) is 8.14. The zero-order chi connectivity index (χ0) is 28.3. The van der Waals surface area contributed by atoms with Crippen LogP contribution in [0.5, 0.6) is 11.5 Å². The number of nitrogens with zero attached hydrogens (tertiary/aromatic N) is 1. The molecule has 0 fully saturated rings. The van der Waals surface area contributed by atoms with Crippen LogP contribution >= 0.6 is 23.1 Å². The van der Waals surface area contributed by atoms with Gasteiger partial charge in [-0.1, -0.05) is 24.3 Å². The van der Waals surface area contributed by atoms with Crippen molar-refractivity contribution in [3.8, 4) is 11.5 Å². The zero-order valence-corrected chi connectivity index (χ0v) is 23.3. The maximum Gasteiger partial charge on any atom is 0.272 e. The lowest BCUT2D eigenvalue weighted by atomic mass is 10.1. The van der Waals surface area contributed by atoms with E-state index >= 15 is 0 Å². The third kappa shape index (κ3) is 7.95. The van der Waals surface area contributed by atoms with Gasteiger partial charge in [-0.25, -0.2) is 4.98 Å². The predicted octanol–water partition coefficient (Wildman–Crippen LogP) is 5.30. The highest BCUT2D eigenvalue weighted by atomic mass is 32.2.